The molecule has 8 N–H and O–H groups in total. The van der Waals surface area contributed by atoms with Crippen LogP contribution < -0.4 is 22.9 Å². The maximum absolute atomic E-state index is 6.79. The van der Waals surface area contributed by atoms with Crippen molar-refractivity contribution >= 4 is 109 Å². The molecule has 0 atom stereocenters. The fraction of sp³-hybridized carbons (Fsp3) is 0. The molecule has 0 heterocycles. The average molecular weight is 563 g/mol. The summed E-state index contributed by atoms with van der Waals surface area (Å²) in [4.78, 5) is 0. The van der Waals surface area contributed by atoms with E-state index in [1.807, 2.05) is 6.07 Å². The van der Waals surface area contributed by atoms with Gasteiger partial charge in [-0.1, -0.05) is 78.9 Å². The second-order valence-corrected chi connectivity index (χ2v) is 12.1. The van der Waals surface area contributed by atoms with Crippen LogP contribution in [0.2, 0.25) is 0 Å². The lowest BCUT2D eigenvalue weighted by Gasteiger charge is -2.22. The van der Waals surface area contributed by atoms with Crippen LogP contribution in [0, 0.1) is 0 Å². The van der Waals surface area contributed by atoms with Crippen LogP contribution in [0.1, 0.15) is 0 Å². The van der Waals surface area contributed by atoms with Crippen LogP contribution in [-0.2, 0) is 0 Å². The molecule has 10 rings (SSSR count). The molecule has 0 unspecified atom stereocenters. The Bertz CT molecular complexity index is 2870. The summed E-state index contributed by atoms with van der Waals surface area (Å²) in [7, 11) is 0. The molecule has 4 heteroatoms. The Morgan fingerprint density at radius 3 is 1.64 bits per heavy atom. The highest BCUT2D eigenvalue weighted by molar-refractivity contribution is 6.38. The summed E-state index contributed by atoms with van der Waals surface area (Å²) in [5.41, 5.74) is 31.5. The van der Waals surface area contributed by atoms with Crippen molar-refractivity contribution in [1.29, 1.82) is 0 Å². The van der Waals surface area contributed by atoms with Gasteiger partial charge in [0.2, 0.25) is 0 Å². The van der Waals surface area contributed by atoms with Gasteiger partial charge in [-0.2, -0.15) is 0 Å². The first-order valence-corrected chi connectivity index (χ1v) is 14.9. The standard InChI is InChI=1S/C40H26N4/c41-33-16-21-12-13-25-22-8-3-1-6-19(22)14-29-28(18-32(38(33)42)34(21)36(25)29)27-17-30-23-9-4-2-7-20(23)15-31-37(30)35-24(27)10-5-11-26(35)39(43)40(31)44/h1-18H,41-44H2. The predicted molar refractivity (Wildman–Crippen MR) is 192 cm³/mol. The first kappa shape index (κ1) is 23.6. The number of nitrogens with two attached hydrogens (primary N) is 4. The number of benzene rings is 10. The number of anilines is 4. The quantitative estimate of drug-likeness (QED) is 0.0908. The zero-order valence-corrected chi connectivity index (χ0v) is 23.7. The minimum atomic E-state index is 0.593. The van der Waals surface area contributed by atoms with Crippen molar-refractivity contribution in [3.63, 3.8) is 0 Å². The highest BCUT2D eigenvalue weighted by Gasteiger charge is 2.23. The lowest BCUT2D eigenvalue weighted by molar-refractivity contribution is 1.72. The van der Waals surface area contributed by atoms with E-state index in [4.69, 9.17) is 22.9 Å². The third-order valence-corrected chi connectivity index (χ3v) is 9.96. The Morgan fingerprint density at radius 2 is 0.841 bits per heavy atom. The Morgan fingerprint density at radius 1 is 0.295 bits per heavy atom. The van der Waals surface area contributed by atoms with Gasteiger partial charge in [0, 0.05) is 26.9 Å². The highest BCUT2D eigenvalue weighted by Crippen LogP contribution is 2.51. The van der Waals surface area contributed by atoms with E-state index in [0.717, 1.165) is 65.0 Å². The molecule has 0 aliphatic heterocycles. The van der Waals surface area contributed by atoms with Gasteiger partial charge in [-0.3, -0.25) is 0 Å². The molecule has 0 aliphatic carbocycles. The lowest BCUT2D eigenvalue weighted by Crippen LogP contribution is -2.00. The van der Waals surface area contributed by atoms with Crippen LogP contribution in [0.5, 0.6) is 0 Å². The molecule has 0 saturated carbocycles. The second kappa shape index (κ2) is 7.88. The number of rotatable bonds is 1. The SMILES string of the molecule is Nc1cc2ccc3c4ccccc4cc4c(-c5cc6c7ccccc7cc7c(N)c(N)c8cccc5c8c76)cc(c1N)c2c43. The van der Waals surface area contributed by atoms with Crippen molar-refractivity contribution in [2.45, 2.75) is 0 Å². The largest absolute Gasteiger partial charge is 0.397 e. The second-order valence-electron chi connectivity index (χ2n) is 12.1. The molecule has 10 aromatic rings. The van der Waals surface area contributed by atoms with Crippen molar-refractivity contribution in [1.82, 2.24) is 0 Å². The fourth-order valence-corrected chi connectivity index (χ4v) is 7.98. The Kier molecular flexibility index (Phi) is 4.22. The van der Waals surface area contributed by atoms with Crippen molar-refractivity contribution in [2.75, 3.05) is 22.9 Å². The topological polar surface area (TPSA) is 104 Å². The first-order valence-electron chi connectivity index (χ1n) is 14.9. The third-order valence-electron chi connectivity index (χ3n) is 9.96. The minimum absolute atomic E-state index is 0.593. The summed E-state index contributed by atoms with van der Waals surface area (Å²) in [6, 6.07) is 39.0. The summed E-state index contributed by atoms with van der Waals surface area (Å²) in [6.45, 7) is 0. The Balaban J connectivity index is 1.51. The Hall–Kier alpha value is -6.00. The lowest BCUT2D eigenvalue weighted by atomic mass is 9.82. The van der Waals surface area contributed by atoms with Crippen LogP contribution in [0.15, 0.2) is 109 Å². The van der Waals surface area contributed by atoms with Crippen LogP contribution in [0.4, 0.5) is 22.7 Å². The van der Waals surface area contributed by atoms with E-state index < -0.39 is 0 Å². The molecule has 0 aromatic heterocycles. The molecule has 0 amide bonds. The molecule has 0 saturated heterocycles. The van der Waals surface area contributed by atoms with E-state index in [9.17, 15) is 0 Å². The zero-order chi connectivity index (χ0) is 29.4. The maximum Gasteiger partial charge on any atom is 0.0634 e. The molecule has 44 heavy (non-hydrogen) atoms. The van der Waals surface area contributed by atoms with E-state index in [1.165, 1.54) is 32.3 Å². The molecule has 0 fully saturated rings. The van der Waals surface area contributed by atoms with Gasteiger partial charge in [-0.15, -0.1) is 0 Å². The molecule has 0 radical (unpaired) electrons. The molecule has 206 valence electrons. The maximum atomic E-state index is 6.79. The van der Waals surface area contributed by atoms with Gasteiger partial charge < -0.3 is 22.9 Å². The van der Waals surface area contributed by atoms with Crippen LogP contribution >= 0.6 is 0 Å². The highest BCUT2D eigenvalue weighted by atomic mass is 14.7. The van der Waals surface area contributed by atoms with Gasteiger partial charge in [0.1, 0.15) is 0 Å². The predicted octanol–water partition coefficient (Wildman–Crippen LogP) is 9.78. The van der Waals surface area contributed by atoms with E-state index in [-0.39, 0.29) is 0 Å². The van der Waals surface area contributed by atoms with Gasteiger partial charge in [-0.25, -0.2) is 0 Å². The van der Waals surface area contributed by atoms with Gasteiger partial charge in [0.25, 0.3) is 0 Å². The van der Waals surface area contributed by atoms with Crippen LogP contribution in [0.25, 0.3) is 97.3 Å². The van der Waals surface area contributed by atoms with Crippen molar-refractivity contribution in [3.8, 4) is 11.1 Å². The van der Waals surface area contributed by atoms with Crippen LogP contribution in [0.3, 0.4) is 0 Å². The summed E-state index contributed by atoms with van der Waals surface area (Å²) < 4.78 is 0. The van der Waals surface area contributed by atoms with Gasteiger partial charge >= 0.3 is 0 Å². The fourth-order valence-electron chi connectivity index (χ4n) is 7.98. The summed E-state index contributed by atoms with van der Waals surface area (Å²) in [6.07, 6.45) is 0. The summed E-state index contributed by atoms with van der Waals surface area (Å²) in [5.74, 6) is 0. The molecule has 0 spiro atoms. The van der Waals surface area contributed by atoms with Gasteiger partial charge in [0.15, 0.2) is 0 Å². The number of nitrogen functional groups attached to an aromatic ring is 4. The van der Waals surface area contributed by atoms with E-state index in [0.29, 0.717) is 22.7 Å². The summed E-state index contributed by atoms with van der Waals surface area (Å²) in [5, 5.41) is 18.1. The third kappa shape index (κ3) is 2.73. The monoisotopic (exact) mass is 562 g/mol. The smallest absolute Gasteiger partial charge is 0.0634 e. The normalized spacial score (nSPS) is 12.5. The zero-order valence-electron chi connectivity index (χ0n) is 23.7. The van der Waals surface area contributed by atoms with E-state index >= 15 is 0 Å². The minimum Gasteiger partial charge on any atom is -0.397 e. The summed E-state index contributed by atoms with van der Waals surface area (Å²) >= 11 is 0. The van der Waals surface area contributed by atoms with Crippen LogP contribution in [-0.4, -0.2) is 0 Å². The molecule has 10 aromatic carbocycles. The van der Waals surface area contributed by atoms with Crippen molar-refractivity contribution in [2.24, 2.45) is 0 Å². The number of fused-ring (bicyclic) bond motifs is 4. The molecule has 0 aliphatic rings. The number of hydrogen-bond donors (Lipinski definition) is 4. The molecular weight excluding hydrogens is 536 g/mol. The van der Waals surface area contributed by atoms with E-state index in [2.05, 4.69) is 103 Å². The van der Waals surface area contributed by atoms with Gasteiger partial charge in [0.05, 0.1) is 22.7 Å². The van der Waals surface area contributed by atoms with Crippen molar-refractivity contribution in [3.05, 3.63) is 109 Å². The number of hydrogen-bond acceptors (Lipinski definition) is 4. The molecular formula is C40H26N4. The average Bonchev–Trinajstić information content (AvgIpc) is 3.06. The van der Waals surface area contributed by atoms with Gasteiger partial charge in [-0.05, 0) is 101 Å². The van der Waals surface area contributed by atoms with Crippen molar-refractivity contribution < 1.29 is 0 Å². The Labute approximate surface area is 251 Å². The first-order chi connectivity index (χ1) is 21.5. The molecule has 4 nitrogen and oxygen atoms in total. The van der Waals surface area contributed by atoms with E-state index in [1.54, 1.807) is 0 Å². The molecule has 0 bridgehead atoms.